The Hall–Kier alpha value is -2.00. The Morgan fingerprint density at radius 2 is 1.83 bits per heavy atom. The molecule has 1 aliphatic rings. The van der Waals surface area contributed by atoms with Gasteiger partial charge in [-0.25, -0.2) is 8.78 Å². The molecule has 2 aromatic rings. The largest absolute Gasteiger partial charge is 0.375 e. The summed E-state index contributed by atoms with van der Waals surface area (Å²) in [4.78, 5) is 4.06. The van der Waals surface area contributed by atoms with Gasteiger partial charge >= 0.3 is 0 Å². The smallest absolute Gasteiger partial charge is 0.184 e. The maximum Gasteiger partial charge on any atom is 0.184 e. The summed E-state index contributed by atoms with van der Waals surface area (Å²) in [6.45, 7) is 3.29. The third-order valence-corrected chi connectivity index (χ3v) is 5.40. The fourth-order valence-electron chi connectivity index (χ4n) is 3.11. The molecule has 3 rings (SSSR count). The summed E-state index contributed by atoms with van der Waals surface area (Å²) in [5.74, 6) is -1.86. The predicted octanol–water partition coefficient (Wildman–Crippen LogP) is 3.76. The quantitative estimate of drug-likeness (QED) is 0.406. The van der Waals surface area contributed by atoms with Crippen LogP contribution in [0.3, 0.4) is 0 Å². The summed E-state index contributed by atoms with van der Waals surface area (Å²) < 4.78 is 28.9. The number of hydrogen-bond acceptors (Lipinski definition) is 4. The topological polar surface area (TPSA) is 56.9 Å². The van der Waals surface area contributed by atoms with Crippen LogP contribution in [0.2, 0.25) is 10.0 Å². The SMILES string of the molecule is NC(=S)NN=Cc1ccc(N2CCN(Cc3ccc(Cl)c(Cl)c3)CC2)c(F)c1F. The van der Waals surface area contributed by atoms with Gasteiger partial charge in [-0.15, -0.1) is 0 Å². The number of nitrogens with one attached hydrogen (secondary N) is 1. The predicted molar refractivity (Wildman–Crippen MR) is 118 cm³/mol. The third-order valence-electron chi connectivity index (χ3n) is 4.57. The van der Waals surface area contributed by atoms with Crippen molar-refractivity contribution < 1.29 is 8.78 Å². The van der Waals surface area contributed by atoms with E-state index in [4.69, 9.17) is 28.9 Å². The van der Waals surface area contributed by atoms with Crippen LogP contribution >= 0.6 is 35.4 Å². The summed E-state index contributed by atoms with van der Waals surface area (Å²) in [6, 6.07) is 8.57. The molecule has 0 saturated carbocycles. The molecule has 5 nitrogen and oxygen atoms in total. The van der Waals surface area contributed by atoms with Gasteiger partial charge in [-0.2, -0.15) is 5.10 Å². The van der Waals surface area contributed by atoms with Crippen molar-refractivity contribution in [3.63, 3.8) is 0 Å². The van der Waals surface area contributed by atoms with Gasteiger partial charge in [-0.1, -0.05) is 29.3 Å². The molecule has 0 unspecified atom stereocenters. The van der Waals surface area contributed by atoms with Crippen LogP contribution in [0.4, 0.5) is 14.5 Å². The van der Waals surface area contributed by atoms with Gasteiger partial charge < -0.3 is 10.6 Å². The van der Waals surface area contributed by atoms with Crippen LogP contribution in [0.15, 0.2) is 35.4 Å². The number of hydrazone groups is 1. The maximum absolute atomic E-state index is 14.6. The van der Waals surface area contributed by atoms with Crippen molar-refractivity contribution in [2.75, 3.05) is 31.1 Å². The number of rotatable bonds is 5. The lowest BCUT2D eigenvalue weighted by atomic mass is 10.1. The highest BCUT2D eigenvalue weighted by Crippen LogP contribution is 2.26. The van der Waals surface area contributed by atoms with Crippen LogP contribution in [0.25, 0.3) is 0 Å². The van der Waals surface area contributed by atoms with Gasteiger partial charge in [0.1, 0.15) is 0 Å². The van der Waals surface area contributed by atoms with Crippen molar-refractivity contribution in [1.82, 2.24) is 10.3 Å². The summed E-state index contributed by atoms with van der Waals surface area (Å²) in [5, 5.41) is 4.64. The summed E-state index contributed by atoms with van der Waals surface area (Å²) in [7, 11) is 0. The lowest BCUT2D eigenvalue weighted by Gasteiger charge is -2.36. The number of benzene rings is 2. The second kappa shape index (κ2) is 9.67. The Labute approximate surface area is 183 Å². The zero-order chi connectivity index (χ0) is 21.0. The minimum Gasteiger partial charge on any atom is -0.375 e. The number of piperazine rings is 1. The van der Waals surface area contributed by atoms with Crippen LogP contribution in [0.5, 0.6) is 0 Å². The third kappa shape index (κ3) is 5.54. The van der Waals surface area contributed by atoms with E-state index in [1.807, 2.05) is 17.0 Å². The molecular weight excluding hydrogens is 439 g/mol. The maximum atomic E-state index is 14.6. The average molecular weight is 458 g/mol. The van der Waals surface area contributed by atoms with Crippen molar-refractivity contribution in [2.24, 2.45) is 10.8 Å². The van der Waals surface area contributed by atoms with E-state index in [-0.39, 0.29) is 16.4 Å². The first-order chi connectivity index (χ1) is 13.8. The van der Waals surface area contributed by atoms with Crippen LogP contribution in [0.1, 0.15) is 11.1 Å². The van der Waals surface area contributed by atoms with Crippen LogP contribution in [-0.2, 0) is 6.54 Å². The Balaban J connectivity index is 1.63. The summed E-state index contributed by atoms with van der Waals surface area (Å²) in [6.07, 6.45) is 1.14. The van der Waals surface area contributed by atoms with E-state index in [0.717, 1.165) is 11.8 Å². The lowest BCUT2D eigenvalue weighted by molar-refractivity contribution is 0.249. The molecule has 1 heterocycles. The first-order valence-corrected chi connectivity index (χ1v) is 9.99. The van der Waals surface area contributed by atoms with E-state index in [1.165, 1.54) is 6.07 Å². The normalized spacial score (nSPS) is 15.1. The molecule has 0 aromatic heterocycles. The molecule has 29 heavy (non-hydrogen) atoms. The van der Waals surface area contributed by atoms with Gasteiger partial charge in [0.2, 0.25) is 0 Å². The van der Waals surface area contributed by atoms with Crippen molar-refractivity contribution in [3.8, 4) is 0 Å². The molecule has 0 atom stereocenters. The molecular formula is C19H19Cl2F2N5S. The Bertz CT molecular complexity index is 933. The molecule has 2 aromatic carbocycles. The van der Waals surface area contributed by atoms with E-state index >= 15 is 0 Å². The number of hydrogen-bond donors (Lipinski definition) is 2. The molecule has 1 aliphatic heterocycles. The minimum atomic E-state index is -0.964. The van der Waals surface area contributed by atoms with Gasteiger partial charge in [-0.3, -0.25) is 10.3 Å². The molecule has 1 fully saturated rings. The molecule has 0 bridgehead atoms. The van der Waals surface area contributed by atoms with Crippen LogP contribution in [0, 0.1) is 11.6 Å². The van der Waals surface area contributed by atoms with Gasteiger partial charge in [0.05, 0.1) is 21.9 Å². The number of nitrogens with zero attached hydrogens (tertiary/aromatic N) is 3. The Kier molecular flexibility index (Phi) is 7.23. The monoisotopic (exact) mass is 457 g/mol. The van der Waals surface area contributed by atoms with Crippen molar-refractivity contribution in [3.05, 3.63) is 63.1 Å². The fourth-order valence-corrected chi connectivity index (χ4v) is 3.48. The molecule has 0 radical (unpaired) electrons. The van der Waals surface area contributed by atoms with E-state index in [0.29, 0.717) is 42.8 Å². The highest BCUT2D eigenvalue weighted by atomic mass is 35.5. The first-order valence-electron chi connectivity index (χ1n) is 8.83. The van der Waals surface area contributed by atoms with E-state index < -0.39 is 11.6 Å². The van der Waals surface area contributed by atoms with Crippen LogP contribution < -0.4 is 16.1 Å². The molecule has 1 saturated heterocycles. The second-order valence-corrected chi connectivity index (χ2v) is 7.80. The van der Waals surface area contributed by atoms with E-state index in [2.05, 4.69) is 27.6 Å². The second-order valence-electron chi connectivity index (χ2n) is 6.55. The van der Waals surface area contributed by atoms with Gasteiger partial charge in [0.15, 0.2) is 16.7 Å². The average Bonchev–Trinajstić information content (AvgIpc) is 2.69. The minimum absolute atomic E-state index is 0.00764. The van der Waals surface area contributed by atoms with Crippen molar-refractivity contribution in [2.45, 2.75) is 6.54 Å². The number of halogens is 4. The summed E-state index contributed by atoms with van der Waals surface area (Å²) >= 11 is 16.6. The number of nitrogens with two attached hydrogens (primary N) is 1. The molecule has 154 valence electrons. The van der Waals surface area contributed by atoms with Crippen molar-refractivity contribution >= 4 is 52.4 Å². The number of thiocarbonyl (C=S) groups is 1. The highest BCUT2D eigenvalue weighted by molar-refractivity contribution is 7.80. The van der Waals surface area contributed by atoms with Gasteiger partial charge in [-0.05, 0) is 42.0 Å². The molecule has 3 N–H and O–H groups in total. The lowest BCUT2D eigenvalue weighted by Crippen LogP contribution is -2.46. The van der Waals surface area contributed by atoms with Gasteiger partial charge in [0, 0.05) is 38.3 Å². The molecule has 0 aliphatic carbocycles. The highest BCUT2D eigenvalue weighted by Gasteiger charge is 2.22. The zero-order valence-electron chi connectivity index (χ0n) is 15.3. The molecule has 0 spiro atoms. The van der Waals surface area contributed by atoms with E-state index in [9.17, 15) is 8.78 Å². The number of anilines is 1. The first kappa shape index (κ1) is 21.7. The Morgan fingerprint density at radius 3 is 2.48 bits per heavy atom. The standard InChI is InChI=1S/C19H19Cl2F2N5S/c20-14-3-1-12(9-15(14)21)11-27-5-7-28(8-6-27)16-4-2-13(17(22)18(16)23)10-25-26-19(24)29/h1-4,9-10H,5-8,11H2,(H3,24,26,29). The molecule has 0 amide bonds. The Morgan fingerprint density at radius 1 is 1.10 bits per heavy atom. The fraction of sp³-hybridized carbons (Fsp3) is 0.263. The van der Waals surface area contributed by atoms with Gasteiger partial charge in [0.25, 0.3) is 0 Å². The summed E-state index contributed by atoms with van der Waals surface area (Å²) in [5.41, 5.74) is 8.84. The zero-order valence-corrected chi connectivity index (χ0v) is 17.7. The van der Waals surface area contributed by atoms with Crippen LogP contribution in [-0.4, -0.2) is 42.4 Å². The molecule has 10 heteroatoms. The van der Waals surface area contributed by atoms with E-state index in [1.54, 1.807) is 12.1 Å². The van der Waals surface area contributed by atoms with Crippen molar-refractivity contribution in [1.29, 1.82) is 0 Å².